The summed E-state index contributed by atoms with van der Waals surface area (Å²) in [4.78, 5) is 4.57. The number of hydrogen-bond acceptors (Lipinski definition) is 5. The number of rotatable bonds is 4. The number of aliphatic hydroxyl groups is 1. The molecule has 2 rings (SSSR count). The summed E-state index contributed by atoms with van der Waals surface area (Å²) in [6, 6.07) is 0. The fraction of sp³-hybridized carbons (Fsp3) is 1.00. The van der Waals surface area contributed by atoms with Crippen molar-refractivity contribution in [3.63, 3.8) is 0 Å². The highest BCUT2D eigenvalue weighted by Gasteiger charge is 2.21. The molecular formula is C12H24N2O3. The van der Waals surface area contributed by atoms with E-state index in [1.165, 1.54) is 0 Å². The maximum atomic E-state index is 10.1. The van der Waals surface area contributed by atoms with E-state index in [1.54, 1.807) is 0 Å². The standard InChI is InChI=1S/C12H24N2O3/c1-11-8-14(4-7-17-11)10-12(15)9-13-2-5-16-6-3-13/h11-12,15H,2-10H2,1H3. The van der Waals surface area contributed by atoms with Gasteiger partial charge in [-0.15, -0.1) is 0 Å². The van der Waals surface area contributed by atoms with Crippen LogP contribution in [-0.4, -0.2) is 86.2 Å². The Balaban J connectivity index is 1.66. The van der Waals surface area contributed by atoms with Crippen LogP contribution in [0.4, 0.5) is 0 Å². The summed E-state index contributed by atoms with van der Waals surface area (Å²) < 4.78 is 10.8. The van der Waals surface area contributed by atoms with Crippen molar-refractivity contribution in [3.05, 3.63) is 0 Å². The molecule has 2 aliphatic heterocycles. The van der Waals surface area contributed by atoms with Gasteiger partial charge in [0.1, 0.15) is 0 Å². The molecule has 0 bridgehead atoms. The Morgan fingerprint density at radius 3 is 2.47 bits per heavy atom. The number of ether oxygens (including phenoxy) is 2. The highest BCUT2D eigenvalue weighted by Crippen LogP contribution is 2.06. The molecule has 5 nitrogen and oxygen atoms in total. The van der Waals surface area contributed by atoms with Gasteiger partial charge in [-0.25, -0.2) is 0 Å². The first kappa shape index (κ1) is 13.2. The molecule has 2 aliphatic rings. The molecule has 100 valence electrons. The van der Waals surface area contributed by atoms with Crippen LogP contribution >= 0.6 is 0 Å². The topological polar surface area (TPSA) is 45.2 Å². The number of nitrogens with zero attached hydrogens (tertiary/aromatic N) is 2. The number of hydrogen-bond donors (Lipinski definition) is 1. The SMILES string of the molecule is CC1CN(CC(O)CN2CCOCC2)CCO1. The van der Waals surface area contributed by atoms with Crippen LogP contribution in [0, 0.1) is 0 Å². The molecule has 2 unspecified atom stereocenters. The molecule has 2 saturated heterocycles. The van der Waals surface area contributed by atoms with Crippen molar-refractivity contribution < 1.29 is 14.6 Å². The lowest BCUT2D eigenvalue weighted by Gasteiger charge is -2.34. The molecule has 0 aliphatic carbocycles. The Morgan fingerprint density at radius 2 is 1.76 bits per heavy atom. The molecule has 2 atom stereocenters. The Kier molecular flexibility index (Phi) is 5.18. The number of morpholine rings is 2. The van der Waals surface area contributed by atoms with Gasteiger partial charge in [0, 0.05) is 39.3 Å². The molecule has 0 amide bonds. The summed E-state index contributed by atoms with van der Waals surface area (Å²) >= 11 is 0. The lowest BCUT2D eigenvalue weighted by Crippen LogP contribution is -2.48. The molecule has 0 aromatic rings. The minimum atomic E-state index is -0.265. The van der Waals surface area contributed by atoms with E-state index in [0.29, 0.717) is 6.10 Å². The molecule has 2 heterocycles. The summed E-state index contributed by atoms with van der Waals surface area (Å²) in [6.45, 7) is 9.71. The predicted octanol–water partition coefficient (Wildman–Crippen LogP) is -0.600. The van der Waals surface area contributed by atoms with Crippen LogP contribution in [0.25, 0.3) is 0 Å². The van der Waals surface area contributed by atoms with Gasteiger partial charge in [0.05, 0.1) is 32.0 Å². The summed E-state index contributed by atoms with van der Waals surface area (Å²) in [5.74, 6) is 0. The van der Waals surface area contributed by atoms with Gasteiger partial charge in [-0.1, -0.05) is 0 Å². The number of aliphatic hydroxyl groups excluding tert-OH is 1. The Hall–Kier alpha value is -0.200. The second-order valence-electron chi connectivity index (χ2n) is 5.01. The maximum absolute atomic E-state index is 10.1. The van der Waals surface area contributed by atoms with Gasteiger partial charge in [0.2, 0.25) is 0 Å². The molecule has 0 aromatic carbocycles. The van der Waals surface area contributed by atoms with Crippen LogP contribution in [0.3, 0.4) is 0 Å². The lowest BCUT2D eigenvalue weighted by atomic mass is 10.2. The minimum Gasteiger partial charge on any atom is -0.390 e. The molecular weight excluding hydrogens is 220 g/mol. The Labute approximate surface area is 103 Å². The molecule has 0 spiro atoms. The van der Waals surface area contributed by atoms with Crippen LogP contribution in [0.1, 0.15) is 6.92 Å². The van der Waals surface area contributed by atoms with Gasteiger partial charge >= 0.3 is 0 Å². The highest BCUT2D eigenvalue weighted by molar-refractivity contribution is 4.74. The van der Waals surface area contributed by atoms with Crippen molar-refractivity contribution in [1.82, 2.24) is 9.80 Å². The van der Waals surface area contributed by atoms with Crippen molar-refractivity contribution in [2.24, 2.45) is 0 Å². The number of β-amino-alcohol motifs (C(OH)–C–C–N with tert-alkyl or cyclic N) is 1. The molecule has 17 heavy (non-hydrogen) atoms. The van der Waals surface area contributed by atoms with Crippen LogP contribution < -0.4 is 0 Å². The van der Waals surface area contributed by atoms with E-state index in [0.717, 1.165) is 59.1 Å². The van der Waals surface area contributed by atoms with E-state index in [9.17, 15) is 5.11 Å². The van der Waals surface area contributed by atoms with Gasteiger partial charge < -0.3 is 14.6 Å². The van der Waals surface area contributed by atoms with Crippen LogP contribution in [-0.2, 0) is 9.47 Å². The molecule has 0 aromatic heterocycles. The van der Waals surface area contributed by atoms with E-state index in [1.807, 2.05) is 0 Å². The normalized spacial score (nSPS) is 30.4. The fourth-order valence-electron chi connectivity index (χ4n) is 2.49. The zero-order chi connectivity index (χ0) is 12.1. The second-order valence-corrected chi connectivity index (χ2v) is 5.01. The van der Waals surface area contributed by atoms with Crippen LogP contribution in [0.15, 0.2) is 0 Å². The lowest BCUT2D eigenvalue weighted by molar-refractivity contribution is -0.0399. The third-order valence-electron chi connectivity index (χ3n) is 3.37. The van der Waals surface area contributed by atoms with E-state index in [4.69, 9.17) is 9.47 Å². The first-order valence-electron chi connectivity index (χ1n) is 6.56. The maximum Gasteiger partial charge on any atom is 0.0793 e. The van der Waals surface area contributed by atoms with Gasteiger partial charge in [0.25, 0.3) is 0 Å². The first-order valence-corrected chi connectivity index (χ1v) is 6.56. The van der Waals surface area contributed by atoms with Crippen molar-refractivity contribution in [1.29, 1.82) is 0 Å². The Bertz CT molecular complexity index is 222. The summed E-state index contributed by atoms with van der Waals surface area (Å²) in [6.07, 6.45) is 0.0257. The zero-order valence-electron chi connectivity index (χ0n) is 10.7. The molecule has 5 heteroatoms. The van der Waals surface area contributed by atoms with Gasteiger partial charge in [0.15, 0.2) is 0 Å². The van der Waals surface area contributed by atoms with Crippen molar-refractivity contribution >= 4 is 0 Å². The minimum absolute atomic E-state index is 0.265. The van der Waals surface area contributed by atoms with Crippen LogP contribution in [0.2, 0.25) is 0 Å². The van der Waals surface area contributed by atoms with Crippen LogP contribution in [0.5, 0.6) is 0 Å². The van der Waals surface area contributed by atoms with E-state index in [-0.39, 0.29) is 6.10 Å². The zero-order valence-corrected chi connectivity index (χ0v) is 10.7. The van der Waals surface area contributed by atoms with Crippen molar-refractivity contribution in [2.45, 2.75) is 19.1 Å². The third kappa shape index (κ3) is 4.52. The van der Waals surface area contributed by atoms with Crippen molar-refractivity contribution in [2.75, 3.05) is 59.1 Å². The second kappa shape index (κ2) is 6.66. The van der Waals surface area contributed by atoms with E-state index in [2.05, 4.69) is 16.7 Å². The van der Waals surface area contributed by atoms with E-state index >= 15 is 0 Å². The molecule has 0 saturated carbocycles. The third-order valence-corrected chi connectivity index (χ3v) is 3.37. The quantitative estimate of drug-likeness (QED) is 0.715. The first-order chi connectivity index (χ1) is 8.24. The Morgan fingerprint density at radius 1 is 1.12 bits per heavy atom. The predicted molar refractivity (Wildman–Crippen MR) is 65.1 cm³/mol. The average molecular weight is 244 g/mol. The largest absolute Gasteiger partial charge is 0.390 e. The van der Waals surface area contributed by atoms with Gasteiger partial charge in [-0.3, -0.25) is 9.80 Å². The summed E-state index contributed by atoms with van der Waals surface area (Å²) in [7, 11) is 0. The van der Waals surface area contributed by atoms with E-state index < -0.39 is 0 Å². The van der Waals surface area contributed by atoms with Gasteiger partial charge in [-0.05, 0) is 6.92 Å². The monoisotopic (exact) mass is 244 g/mol. The molecule has 1 N–H and O–H groups in total. The average Bonchev–Trinajstić information content (AvgIpc) is 2.30. The fourth-order valence-corrected chi connectivity index (χ4v) is 2.49. The highest BCUT2D eigenvalue weighted by atomic mass is 16.5. The van der Waals surface area contributed by atoms with Crippen molar-refractivity contribution in [3.8, 4) is 0 Å². The molecule has 0 radical (unpaired) electrons. The summed E-state index contributed by atoms with van der Waals surface area (Å²) in [5, 5.41) is 10.1. The molecule has 2 fully saturated rings. The summed E-state index contributed by atoms with van der Waals surface area (Å²) in [5.41, 5.74) is 0. The van der Waals surface area contributed by atoms with Gasteiger partial charge in [-0.2, -0.15) is 0 Å². The smallest absolute Gasteiger partial charge is 0.0793 e.